The molecule has 78 valence electrons. The lowest BCUT2D eigenvalue weighted by Gasteiger charge is -2.06. The number of para-hydroxylation sites is 2. The lowest BCUT2D eigenvalue weighted by molar-refractivity contribution is 0.301. The standard InChI is InChI=1S/C11H12N2O2/c1-8-10(13-7-15-8)6-14-11-5-3-2-4-9(11)12/h2-5,7H,6,12H2,1H3. The molecule has 0 bridgehead atoms. The second-order valence-electron chi connectivity index (χ2n) is 3.18. The van der Waals surface area contributed by atoms with Crippen LogP contribution in [0.5, 0.6) is 5.75 Å². The summed E-state index contributed by atoms with van der Waals surface area (Å²) >= 11 is 0. The SMILES string of the molecule is Cc1ocnc1COc1ccccc1N. The molecule has 0 spiro atoms. The molecule has 0 saturated carbocycles. The van der Waals surface area contributed by atoms with Gasteiger partial charge in [0.05, 0.1) is 5.69 Å². The number of nitrogen functional groups attached to an aromatic ring is 1. The van der Waals surface area contributed by atoms with E-state index in [9.17, 15) is 0 Å². The minimum absolute atomic E-state index is 0.372. The van der Waals surface area contributed by atoms with Crippen LogP contribution >= 0.6 is 0 Å². The Morgan fingerprint density at radius 3 is 2.87 bits per heavy atom. The lowest BCUT2D eigenvalue weighted by Crippen LogP contribution is -1.99. The van der Waals surface area contributed by atoms with Gasteiger partial charge >= 0.3 is 0 Å². The third-order valence-electron chi connectivity index (χ3n) is 2.13. The van der Waals surface area contributed by atoms with Gasteiger partial charge in [0.15, 0.2) is 6.39 Å². The molecule has 0 atom stereocenters. The van der Waals surface area contributed by atoms with Crippen LogP contribution in [0.4, 0.5) is 5.69 Å². The topological polar surface area (TPSA) is 61.3 Å². The monoisotopic (exact) mass is 204 g/mol. The van der Waals surface area contributed by atoms with Crippen LogP contribution in [0.25, 0.3) is 0 Å². The van der Waals surface area contributed by atoms with E-state index in [1.54, 1.807) is 6.07 Å². The molecular formula is C11H12N2O2. The highest BCUT2D eigenvalue weighted by Gasteiger charge is 2.05. The maximum absolute atomic E-state index is 5.73. The molecule has 1 aromatic heterocycles. The summed E-state index contributed by atoms with van der Waals surface area (Å²) in [4.78, 5) is 4.03. The van der Waals surface area contributed by atoms with Crippen LogP contribution in [-0.2, 0) is 6.61 Å². The third kappa shape index (κ3) is 2.10. The van der Waals surface area contributed by atoms with Crippen LogP contribution < -0.4 is 10.5 Å². The first-order chi connectivity index (χ1) is 7.27. The van der Waals surface area contributed by atoms with Crippen molar-refractivity contribution in [1.82, 2.24) is 4.98 Å². The Balaban J connectivity index is 2.06. The summed E-state index contributed by atoms with van der Waals surface area (Å²) in [6.07, 6.45) is 1.41. The summed E-state index contributed by atoms with van der Waals surface area (Å²) in [5.74, 6) is 1.43. The average Bonchev–Trinajstić information content (AvgIpc) is 2.63. The van der Waals surface area contributed by atoms with Crippen molar-refractivity contribution in [3.05, 3.63) is 42.1 Å². The number of nitrogens with zero attached hydrogens (tertiary/aromatic N) is 1. The van der Waals surface area contributed by atoms with Crippen LogP contribution in [0.15, 0.2) is 35.1 Å². The molecule has 0 aliphatic heterocycles. The fraction of sp³-hybridized carbons (Fsp3) is 0.182. The fourth-order valence-electron chi connectivity index (χ4n) is 1.22. The molecular weight excluding hydrogens is 192 g/mol. The van der Waals surface area contributed by atoms with Crippen molar-refractivity contribution in [2.24, 2.45) is 0 Å². The van der Waals surface area contributed by atoms with Gasteiger partial charge in [-0.25, -0.2) is 4.98 Å². The Labute approximate surface area is 87.7 Å². The molecule has 1 aromatic carbocycles. The van der Waals surface area contributed by atoms with Crippen molar-refractivity contribution in [3.63, 3.8) is 0 Å². The van der Waals surface area contributed by atoms with Crippen molar-refractivity contribution in [2.45, 2.75) is 13.5 Å². The Morgan fingerprint density at radius 1 is 1.40 bits per heavy atom. The zero-order valence-corrected chi connectivity index (χ0v) is 8.43. The van der Waals surface area contributed by atoms with E-state index < -0.39 is 0 Å². The molecule has 0 radical (unpaired) electrons. The first kappa shape index (κ1) is 9.58. The molecule has 0 aliphatic carbocycles. The number of anilines is 1. The minimum Gasteiger partial charge on any atom is -0.485 e. The highest BCUT2D eigenvalue weighted by Crippen LogP contribution is 2.21. The van der Waals surface area contributed by atoms with E-state index in [0.29, 0.717) is 18.0 Å². The van der Waals surface area contributed by atoms with Gasteiger partial charge in [-0.15, -0.1) is 0 Å². The molecule has 0 saturated heterocycles. The number of aromatic nitrogens is 1. The number of ether oxygens (including phenoxy) is 1. The van der Waals surface area contributed by atoms with E-state index in [0.717, 1.165) is 11.5 Å². The number of hydrogen-bond acceptors (Lipinski definition) is 4. The maximum Gasteiger partial charge on any atom is 0.181 e. The third-order valence-corrected chi connectivity index (χ3v) is 2.13. The zero-order chi connectivity index (χ0) is 10.7. The van der Waals surface area contributed by atoms with E-state index in [-0.39, 0.29) is 0 Å². The maximum atomic E-state index is 5.73. The van der Waals surface area contributed by atoms with Crippen LogP contribution in [-0.4, -0.2) is 4.98 Å². The number of nitrogens with two attached hydrogens (primary N) is 1. The number of benzene rings is 1. The van der Waals surface area contributed by atoms with E-state index >= 15 is 0 Å². The smallest absolute Gasteiger partial charge is 0.181 e. The summed E-state index contributed by atoms with van der Waals surface area (Å²) in [6.45, 7) is 2.22. The summed E-state index contributed by atoms with van der Waals surface area (Å²) in [5.41, 5.74) is 7.14. The molecule has 4 nitrogen and oxygen atoms in total. The Kier molecular flexibility index (Phi) is 2.58. The summed E-state index contributed by atoms with van der Waals surface area (Å²) in [6, 6.07) is 7.36. The van der Waals surface area contributed by atoms with Crippen LogP contribution in [0, 0.1) is 6.92 Å². The van der Waals surface area contributed by atoms with Gasteiger partial charge < -0.3 is 14.9 Å². The van der Waals surface area contributed by atoms with Gasteiger partial charge in [0.1, 0.15) is 23.8 Å². The molecule has 2 N–H and O–H groups in total. The number of rotatable bonds is 3. The fourth-order valence-corrected chi connectivity index (χ4v) is 1.22. The molecule has 1 heterocycles. The van der Waals surface area contributed by atoms with E-state index in [4.69, 9.17) is 14.9 Å². The summed E-state index contributed by atoms with van der Waals surface area (Å²) in [7, 11) is 0. The highest BCUT2D eigenvalue weighted by molar-refractivity contribution is 5.51. The summed E-state index contributed by atoms with van der Waals surface area (Å²) in [5, 5.41) is 0. The van der Waals surface area contributed by atoms with E-state index in [1.165, 1.54) is 6.39 Å². The van der Waals surface area contributed by atoms with Crippen molar-refractivity contribution in [1.29, 1.82) is 0 Å². The van der Waals surface area contributed by atoms with Gasteiger partial charge in [-0.2, -0.15) is 0 Å². The van der Waals surface area contributed by atoms with Crippen molar-refractivity contribution >= 4 is 5.69 Å². The first-order valence-corrected chi connectivity index (χ1v) is 4.63. The Morgan fingerprint density at radius 2 is 2.20 bits per heavy atom. The predicted molar refractivity (Wildman–Crippen MR) is 56.4 cm³/mol. The van der Waals surface area contributed by atoms with Gasteiger partial charge in [0.2, 0.25) is 0 Å². The van der Waals surface area contributed by atoms with Gasteiger partial charge in [0.25, 0.3) is 0 Å². The second kappa shape index (κ2) is 4.04. The highest BCUT2D eigenvalue weighted by atomic mass is 16.5. The first-order valence-electron chi connectivity index (χ1n) is 4.63. The average molecular weight is 204 g/mol. The van der Waals surface area contributed by atoms with Gasteiger partial charge in [-0.3, -0.25) is 0 Å². The molecule has 15 heavy (non-hydrogen) atoms. The van der Waals surface area contributed by atoms with Crippen molar-refractivity contribution < 1.29 is 9.15 Å². The number of hydrogen-bond donors (Lipinski definition) is 1. The van der Waals surface area contributed by atoms with Crippen LogP contribution in [0.1, 0.15) is 11.5 Å². The molecule has 2 aromatic rings. The van der Waals surface area contributed by atoms with Gasteiger partial charge in [-0.1, -0.05) is 12.1 Å². The Hall–Kier alpha value is -1.97. The molecule has 0 unspecified atom stereocenters. The van der Waals surface area contributed by atoms with E-state index in [2.05, 4.69) is 4.98 Å². The zero-order valence-electron chi connectivity index (χ0n) is 8.43. The molecule has 0 aliphatic rings. The largest absolute Gasteiger partial charge is 0.485 e. The predicted octanol–water partition coefficient (Wildman–Crippen LogP) is 2.14. The van der Waals surface area contributed by atoms with Crippen molar-refractivity contribution in [3.8, 4) is 5.75 Å². The normalized spacial score (nSPS) is 10.2. The molecule has 0 amide bonds. The van der Waals surface area contributed by atoms with Gasteiger partial charge in [0, 0.05) is 0 Å². The number of aryl methyl sites for hydroxylation is 1. The van der Waals surface area contributed by atoms with Gasteiger partial charge in [-0.05, 0) is 19.1 Å². The van der Waals surface area contributed by atoms with E-state index in [1.807, 2.05) is 25.1 Å². The van der Waals surface area contributed by atoms with Crippen LogP contribution in [0.2, 0.25) is 0 Å². The van der Waals surface area contributed by atoms with Crippen LogP contribution in [0.3, 0.4) is 0 Å². The summed E-state index contributed by atoms with van der Waals surface area (Å²) < 4.78 is 10.6. The Bertz CT molecular complexity index is 451. The molecule has 0 fully saturated rings. The second-order valence-corrected chi connectivity index (χ2v) is 3.18. The quantitative estimate of drug-likeness (QED) is 0.778. The molecule has 2 rings (SSSR count). The molecule has 4 heteroatoms. The minimum atomic E-state index is 0.372. The number of oxazole rings is 1. The lowest BCUT2D eigenvalue weighted by atomic mass is 10.3. The van der Waals surface area contributed by atoms with Crippen molar-refractivity contribution in [2.75, 3.05) is 5.73 Å².